The highest BCUT2D eigenvalue weighted by Crippen LogP contribution is 2.25. The summed E-state index contributed by atoms with van der Waals surface area (Å²) in [6.45, 7) is 0.224. The fourth-order valence-electron chi connectivity index (χ4n) is 1.30. The summed E-state index contributed by atoms with van der Waals surface area (Å²) in [5.74, 6) is 0. The van der Waals surface area contributed by atoms with Crippen LogP contribution >= 0.6 is 11.6 Å². The van der Waals surface area contributed by atoms with Gasteiger partial charge in [-0.2, -0.15) is 0 Å². The van der Waals surface area contributed by atoms with E-state index in [2.05, 4.69) is 14.7 Å². The topological polar surface area (TPSA) is 138 Å². The second-order valence-corrected chi connectivity index (χ2v) is 5.72. The van der Waals surface area contributed by atoms with Crippen molar-refractivity contribution in [1.82, 2.24) is 4.72 Å². The molecule has 0 fully saturated rings. The molecule has 11 heteroatoms. The first-order chi connectivity index (χ1) is 9.38. The monoisotopic (exact) mass is 319 g/mol. The first kappa shape index (κ1) is 16.2. The Balaban J connectivity index is 2.82. The summed E-state index contributed by atoms with van der Waals surface area (Å²) < 4.78 is 26.1. The van der Waals surface area contributed by atoms with Crippen LogP contribution in [0.15, 0.2) is 28.2 Å². The lowest BCUT2D eigenvalue weighted by Crippen LogP contribution is -2.25. The molecule has 0 aliphatic carbocycles. The first-order valence-electron chi connectivity index (χ1n) is 5.33. The van der Waals surface area contributed by atoms with E-state index in [0.29, 0.717) is 6.42 Å². The number of nitro benzene ring substituents is 1. The fraction of sp³-hybridized carbons (Fsp3) is 0.333. The van der Waals surface area contributed by atoms with Gasteiger partial charge in [-0.3, -0.25) is 10.1 Å². The second-order valence-electron chi connectivity index (χ2n) is 3.58. The van der Waals surface area contributed by atoms with Crippen LogP contribution in [0.2, 0.25) is 5.02 Å². The Morgan fingerprint density at radius 3 is 2.75 bits per heavy atom. The number of halogens is 1. The molecule has 0 saturated heterocycles. The van der Waals surface area contributed by atoms with Gasteiger partial charge in [-0.15, -0.1) is 0 Å². The van der Waals surface area contributed by atoms with Gasteiger partial charge in [-0.1, -0.05) is 16.7 Å². The number of hydrogen-bond acceptors (Lipinski definition) is 5. The number of benzene rings is 1. The Bertz CT molecular complexity index is 656. The van der Waals surface area contributed by atoms with Gasteiger partial charge in [-0.05, 0) is 18.0 Å². The average Bonchev–Trinajstić information content (AvgIpc) is 2.37. The van der Waals surface area contributed by atoms with Crippen molar-refractivity contribution in [1.29, 1.82) is 0 Å². The van der Waals surface area contributed by atoms with E-state index < -0.39 is 14.9 Å². The van der Waals surface area contributed by atoms with Crippen LogP contribution in [0.25, 0.3) is 10.4 Å². The summed E-state index contributed by atoms with van der Waals surface area (Å²) in [5.41, 5.74) is 7.76. The fourth-order valence-corrected chi connectivity index (χ4v) is 2.91. The van der Waals surface area contributed by atoms with Gasteiger partial charge < -0.3 is 0 Å². The van der Waals surface area contributed by atoms with E-state index in [1.54, 1.807) is 0 Å². The molecule has 0 radical (unpaired) electrons. The molecule has 9 nitrogen and oxygen atoms in total. The maximum absolute atomic E-state index is 11.9. The maximum atomic E-state index is 11.9. The second kappa shape index (κ2) is 7.06. The van der Waals surface area contributed by atoms with Crippen molar-refractivity contribution < 1.29 is 13.3 Å². The average molecular weight is 320 g/mol. The van der Waals surface area contributed by atoms with Crippen molar-refractivity contribution in [3.8, 4) is 0 Å². The Hall–Kier alpha value is -1.87. The third-order valence-corrected chi connectivity index (χ3v) is 4.15. The van der Waals surface area contributed by atoms with Crippen molar-refractivity contribution >= 4 is 27.3 Å². The molecule has 0 spiro atoms. The summed E-state index contributed by atoms with van der Waals surface area (Å²) in [5, 5.41) is 13.6. The molecule has 0 aliphatic heterocycles. The number of nitrogens with zero attached hydrogens (tertiary/aromatic N) is 4. The van der Waals surface area contributed by atoms with Crippen LogP contribution in [0.4, 0.5) is 5.69 Å². The maximum Gasteiger partial charge on any atom is 0.271 e. The molecular weight excluding hydrogens is 310 g/mol. The normalized spacial score (nSPS) is 10.8. The minimum atomic E-state index is -3.86. The highest BCUT2D eigenvalue weighted by molar-refractivity contribution is 7.89. The summed E-state index contributed by atoms with van der Waals surface area (Å²) in [7, 11) is -3.86. The van der Waals surface area contributed by atoms with Crippen LogP contribution in [0.5, 0.6) is 0 Å². The van der Waals surface area contributed by atoms with Gasteiger partial charge in [0.05, 0.1) is 9.95 Å². The van der Waals surface area contributed by atoms with Gasteiger partial charge in [0.2, 0.25) is 10.0 Å². The van der Waals surface area contributed by atoms with Gasteiger partial charge >= 0.3 is 0 Å². The minimum absolute atomic E-state index is 0.0642. The van der Waals surface area contributed by atoms with Crippen molar-refractivity contribution in [3.05, 3.63) is 43.8 Å². The third-order valence-electron chi connectivity index (χ3n) is 2.21. The lowest BCUT2D eigenvalue weighted by Gasteiger charge is -2.07. The van der Waals surface area contributed by atoms with Gasteiger partial charge in [0.1, 0.15) is 4.90 Å². The standard InChI is InChI=1S/C9H10ClN5O4S/c10-8-6-7(15(16)17)2-3-9(8)20(18,19)13-5-1-4-12-14-11/h2-3,6,13H,1,4-5H2. The van der Waals surface area contributed by atoms with Gasteiger partial charge in [0.25, 0.3) is 5.69 Å². The Kier molecular flexibility index (Phi) is 5.71. The number of azide groups is 1. The Morgan fingerprint density at radius 2 is 2.20 bits per heavy atom. The molecule has 1 rings (SSSR count). The number of nitro groups is 1. The highest BCUT2D eigenvalue weighted by Gasteiger charge is 2.19. The number of non-ortho nitro benzene ring substituents is 1. The summed E-state index contributed by atoms with van der Waals surface area (Å²) in [6, 6.07) is 3.09. The minimum Gasteiger partial charge on any atom is -0.258 e. The third kappa shape index (κ3) is 4.35. The van der Waals surface area contributed by atoms with Crippen LogP contribution < -0.4 is 4.72 Å². The molecule has 20 heavy (non-hydrogen) atoms. The van der Waals surface area contributed by atoms with Crippen LogP contribution in [-0.4, -0.2) is 26.4 Å². The molecular formula is C9H10ClN5O4S. The molecule has 0 atom stereocenters. The lowest BCUT2D eigenvalue weighted by molar-refractivity contribution is -0.384. The summed E-state index contributed by atoms with van der Waals surface area (Å²) in [6.07, 6.45) is 0.327. The molecule has 0 bridgehead atoms. The lowest BCUT2D eigenvalue weighted by atomic mass is 10.3. The number of hydrogen-bond donors (Lipinski definition) is 1. The van der Waals surface area contributed by atoms with E-state index >= 15 is 0 Å². The quantitative estimate of drug-likeness (QED) is 0.205. The predicted molar refractivity (Wildman–Crippen MR) is 71.9 cm³/mol. The van der Waals surface area contributed by atoms with Crippen LogP contribution in [0, 0.1) is 10.1 Å². The largest absolute Gasteiger partial charge is 0.271 e. The van der Waals surface area contributed by atoms with E-state index in [4.69, 9.17) is 17.1 Å². The molecule has 0 saturated carbocycles. The van der Waals surface area contributed by atoms with E-state index in [9.17, 15) is 18.5 Å². The SMILES string of the molecule is [N-]=[N+]=NCCCNS(=O)(=O)c1ccc([N+](=O)[O-])cc1Cl. The van der Waals surface area contributed by atoms with E-state index in [0.717, 1.165) is 18.2 Å². The molecule has 0 amide bonds. The zero-order valence-corrected chi connectivity index (χ0v) is 11.6. The van der Waals surface area contributed by atoms with Gasteiger partial charge in [0, 0.05) is 30.1 Å². The molecule has 0 aliphatic rings. The number of sulfonamides is 1. The number of rotatable bonds is 7. The van der Waals surface area contributed by atoms with E-state index in [-0.39, 0.29) is 28.7 Å². The zero-order valence-electron chi connectivity index (χ0n) is 10.1. The van der Waals surface area contributed by atoms with Crippen LogP contribution in [0.1, 0.15) is 6.42 Å². The van der Waals surface area contributed by atoms with Crippen molar-refractivity contribution in [2.24, 2.45) is 5.11 Å². The van der Waals surface area contributed by atoms with Gasteiger partial charge in [-0.25, -0.2) is 13.1 Å². The number of nitrogens with one attached hydrogen (secondary N) is 1. The van der Waals surface area contributed by atoms with Crippen LogP contribution in [0.3, 0.4) is 0 Å². The highest BCUT2D eigenvalue weighted by atomic mass is 35.5. The molecule has 0 unspecified atom stereocenters. The molecule has 0 heterocycles. The van der Waals surface area contributed by atoms with Crippen LogP contribution in [-0.2, 0) is 10.0 Å². The molecule has 0 aromatic heterocycles. The zero-order chi connectivity index (χ0) is 15.2. The molecule has 1 N–H and O–H groups in total. The molecule has 1 aromatic rings. The van der Waals surface area contributed by atoms with Crippen molar-refractivity contribution in [2.45, 2.75) is 11.3 Å². The Labute approximate surface area is 119 Å². The van der Waals surface area contributed by atoms with E-state index in [1.165, 1.54) is 0 Å². The first-order valence-corrected chi connectivity index (χ1v) is 7.19. The molecule has 108 valence electrons. The summed E-state index contributed by atoms with van der Waals surface area (Å²) in [4.78, 5) is 12.1. The van der Waals surface area contributed by atoms with Crippen molar-refractivity contribution in [3.63, 3.8) is 0 Å². The Morgan fingerprint density at radius 1 is 1.50 bits per heavy atom. The summed E-state index contributed by atoms with van der Waals surface area (Å²) >= 11 is 5.73. The van der Waals surface area contributed by atoms with Gasteiger partial charge in [0.15, 0.2) is 0 Å². The molecule has 1 aromatic carbocycles. The van der Waals surface area contributed by atoms with E-state index in [1.807, 2.05) is 0 Å². The smallest absolute Gasteiger partial charge is 0.258 e. The van der Waals surface area contributed by atoms with Crippen molar-refractivity contribution in [2.75, 3.05) is 13.1 Å². The predicted octanol–water partition coefficient (Wildman–Crippen LogP) is 2.23.